The van der Waals surface area contributed by atoms with Crippen LogP contribution in [0.15, 0.2) is 36.5 Å². The first-order valence-corrected chi connectivity index (χ1v) is 6.22. The lowest BCUT2D eigenvalue weighted by Gasteiger charge is -2.33. The van der Waals surface area contributed by atoms with Crippen LogP contribution in [0.25, 0.3) is 10.9 Å². The van der Waals surface area contributed by atoms with E-state index in [1.54, 1.807) is 0 Å². The zero-order chi connectivity index (χ0) is 12.5. The fourth-order valence-corrected chi connectivity index (χ4v) is 2.31. The largest absolute Gasteiger partial charge is 0.321 e. The second-order valence-electron chi connectivity index (χ2n) is 4.96. The van der Waals surface area contributed by atoms with E-state index >= 15 is 0 Å². The Labute approximate surface area is 103 Å². The van der Waals surface area contributed by atoms with Gasteiger partial charge in [-0.25, -0.2) is 0 Å². The predicted molar refractivity (Wildman–Crippen MR) is 72.7 cm³/mol. The van der Waals surface area contributed by atoms with Crippen LogP contribution in [0.5, 0.6) is 0 Å². The zero-order valence-electron chi connectivity index (χ0n) is 10.8. The topological polar surface area (TPSA) is 38.9 Å². The smallest absolute Gasteiger partial charge is 0.0702 e. The summed E-state index contributed by atoms with van der Waals surface area (Å²) in [4.78, 5) is 4.33. The quantitative estimate of drug-likeness (QED) is 0.873. The molecule has 2 N–H and O–H groups in total. The SMILES string of the molecule is CCC(N)(c1ccc2ncccc2c1)C(C)C. The first-order valence-electron chi connectivity index (χ1n) is 6.22. The molecule has 1 atom stereocenters. The second kappa shape index (κ2) is 4.46. The lowest BCUT2D eigenvalue weighted by molar-refractivity contribution is 0.306. The molecular formula is C15H20N2. The van der Waals surface area contributed by atoms with Crippen LogP contribution in [0.2, 0.25) is 0 Å². The summed E-state index contributed by atoms with van der Waals surface area (Å²) >= 11 is 0. The number of nitrogens with two attached hydrogens (primary N) is 1. The van der Waals surface area contributed by atoms with Crippen LogP contribution in [0.3, 0.4) is 0 Å². The minimum absolute atomic E-state index is 0.246. The standard InChI is InChI=1S/C15H20N2/c1-4-15(16,11(2)3)13-7-8-14-12(10-13)6-5-9-17-14/h5-11H,4,16H2,1-3H3. The summed E-state index contributed by atoms with van der Waals surface area (Å²) in [5.41, 5.74) is 8.52. The van der Waals surface area contributed by atoms with E-state index in [2.05, 4.69) is 50.0 Å². The highest BCUT2D eigenvalue weighted by Gasteiger charge is 2.29. The Balaban J connectivity index is 2.55. The molecule has 2 heteroatoms. The Morgan fingerprint density at radius 2 is 2.06 bits per heavy atom. The number of rotatable bonds is 3. The molecule has 90 valence electrons. The van der Waals surface area contributed by atoms with Crippen molar-refractivity contribution >= 4 is 10.9 Å². The second-order valence-corrected chi connectivity index (χ2v) is 4.96. The summed E-state index contributed by atoms with van der Waals surface area (Å²) in [6, 6.07) is 10.4. The van der Waals surface area contributed by atoms with Crippen molar-refractivity contribution in [3.05, 3.63) is 42.1 Å². The summed E-state index contributed by atoms with van der Waals surface area (Å²) in [6.45, 7) is 6.50. The third kappa shape index (κ3) is 2.05. The van der Waals surface area contributed by atoms with E-state index in [0.29, 0.717) is 5.92 Å². The fraction of sp³-hybridized carbons (Fsp3) is 0.400. The van der Waals surface area contributed by atoms with E-state index in [4.69, 9.17) is 5.73 Å². The zero-order valence-corrected chi connectivity index (χ0v) is 10.8. The minimum atomic E-state index is -0.246. The van der Waals surface area contributed by atoms with Gasteiger partial charge in [0.05, 0.1) is 5.52 Å². The van der Waals surface area contributed by atoms with Gasteiger partial charge in [0.2, 0.25) is 0 Å². The van der Waals surface area contributed by atoms with Gasteiger partial charge >= 0.3 is 0 Å². The van der Waals surface area contributed by atoms with Crippen molar-refractivity contribution in [2.24, 2.45) is 11.7 Å². The van der Waals surface area contributed by atoms with Crippen molar-refractivity contribution in [1.82, 2.24) is 4.98 Å². The van der Waals surface area contributed by atoms with Crippen molar-refractivity contribution in [2.45, 2.75) is 32.7 Å². The maximum absolute atomic E-state index is 6.53. The summed E-state index contributed by atoms with van der Waals surface area (Å²) < 4.78 is 0. The van der Waals surface area contributed by atoms with Crippen molar-refractivity contribution in [1.29, 1.82) is 0 Å². The molecule has 2 aromatic rings. The molecule has 0 amide bonds. The van der Waals surface area contributed by atoms with E-state index in [-0.39, 0.29) is 5.54 Å². The van der Waals surface area contributed by atoms with E-state index in [1.807, 2.05) is 12.3 Å². The van der Waals surface area contributed by atoms with E-state index < -0.39 is 0 Å². The third-order valence-electron chi connectivity index (χ3n) is 3.76. The number of fused-ring (bicyclic) bond motifs is 1. The summed E-state index contributed by atoms with van der Waals surface area (Å²) in [5.74, 6) is 0.418. The highest BCUT2D eigenvalue weighted by molar-refractivity contribution is 5.79. The summed E-state index contributed by atoms with van der Waals surface area (Å²) in [6.07, 6.45) is 2.76. The molecule has 0 saturated carbocycles. The molecule has 0 aliphatic rings. The number of benzene rings is 1. The van der Waals surface area contributed by atoms with E-state index in [1.165, 1.54) is 5.56 Å². The maximum Gasteiger partial charge on any atom is 0.0702 e. The molecule has 0 fully saturated rings. The van der Waals surface area contributed by atoms with Crippen LogP contribution in [-0.4, -0.2) is 4.98 Å². The lowest BCUT2D eigenvalue weighted by Crippen LogP contribution is -2.41. The molecule has 2 rings (SSSR count). The highest BCUT2D eigenvalue weighted by Crippen LogP contribution is 2.31. The number of nitrogens with zero attached hydrogens (tertiary/aromatic N) is 1. The van der Waals surface area contributed by atoms with Crippen LogP contribution in [0.1, 0.15) is 32.8 Å². The molecule has 1 heterocycles. The Morgan fingerprint density at radius 1 is 1.29 bits per heavy atom. The van der Waals surface area contributed by atoms with Crippen molar-refractivity contribution in [3.63, 3.8) is 0 Å². The Hall–Kier alpha value is -1.41. The van der Waals surface area contributed by atoms with Crippen LogP contribution in [0, 0.1) is 5.92 Å². The maximum atomic E-state index is 6.53. The summed E-state index contributed by atoms with van der Waals surface area (Å²) in [5, 5.41) is 1.16. The molecule has 0 spiro atoms. The van der Waals surface area contributed by atoms with Gasteiger partial charge in [-0.1, -0.05) is 32.9 Å². The van der Waals surface area contributed by atoms with Gasteiger partial charge in [0.25, 0.3) is 0 Å². The monoisotopic (exact) mass is 228 g/mol. The normalized spacial score (nSPS) is 15.1. The number of hydrogen-bond acceptors (Lipinski definition) is 2. The Morgan fingerprint density at radius 3 is 2.71 bits per heavy atom. The van der Waals surface area contributed by atoms with Crippen LogP contribution in [0.4, 0.5) is 0 Å². The van der Waals surface area contributed by atoms with Crippen molar-refractivity contribution < 1.29 is 0 Å². The molecule has 1 unspecified atom stereocenters. The first kappa shape index (κ1) is 12.1. The van der Waals surface area contributed by atoms with Gasteiger partial charge in [-0.15, -0.1) is 0 Å². The third-order valence-corrected chi connectivity index (χ3v) is 3.76. The van der Waals surface area contributed by atoms with Gasteiger partial charge in [0.15, 0.2) is 0 Å². The van der Waals surface area contributed by atoms with Crippen molar-refractivity contribution in [2.75, 3.05) is 0 Å². The van der Waals surface area contributed by atoms with Crippen LogP contribution >= 0.6 is 0 Å². The molecule has 2 nitrogen and oxygen atoms in total. The van der Waals surface area contributed by atoms with Gasteiger partial charge in [-0.05, 0) is 36.1 Å². The number of pyridine rings is 1. The van der Waals surface area contributed by atoms with Crippen LogP contribution in [-0.2, 0) is 5.54 Å². The lowest BCUT2D eigenvalue weighted by atomic mass is 9.78. The molecule has 1 aromatic carbocycles. The summed E-state index contributed by atoms with van der Waals surface area (Å²) in [7, 11) is 0. The van der Waals surface area contributed by atoms with Gasteiger partial charge in [-0.3, -0.25) is 4.98 Å². The molecule has 17 heavy (non-hydrogen) atoms. The van der Waals surface area contributed by atoms with Gasteiger partial charge in [-0.2, -0.15) is 0 Å². The fourth-order valence-electron chi connectivity index (χ4n) is 2.31. The van der Waals surface area contributed by atoms with Crippen LogP contribution < -0.4 is 5.73 Å². The predicted octanol–water partition coefficient (Wildman–Crippen LogP) is 3.45. The van der Waals surface area contributed by atoms with Gasteiger partial charge < -0.3 is 5.73 Å². The van der Waals surface area contributed by atoms with Crippen molar-refractivity contribution in [3.8, 4) is 0 Å². The number of aromatic nitrogens is 1. The Bertz CT molecular complexity index is 519. The molecule has 0 aliphatic carbocycles. The molecule has 0 bridgehead atoms. The molecule has 1 aromatic heterocycles. The first-order chi connectivity index (χ1) is 8.08. The Kier molecular flexibility index (Phi) is 3.16. The van der Waals surface area contributed by atoms with Gasteiger partial charge in [0.1, 0.15) is 0 Å². The minimum Gasteiger partial charge on any atom is -0.321 e. The van der Waals surface area contributed by atoms with E-state index in [0.717, 1.165) is 17.3 Å². The number of hydrogen-bond donors (Lipinski definition) is 1. The average molecular weight is 228 g/mol. The molecule has 0 aliphatic heterocycles. The average Bonchev–Trinajstić information content (AvgIpc) is 2.37. The molecule has 0 saturated heterocycles. The highest BCUT2D eigenvalue weighted by atomic mass is 14.8. The van der Waals surface area contributed by atoms with E-state index in [9.17, 15) is 0 Å². The van der Waals surface area contributed by atoms with Gasteiger partial charge in [0, 0.05) is 17.1 Å². The molecule has 0 radical (unpaired) electrons. The molecular weight excluding hydrogens is 208 g/mol.